The topological polar surface area (TPSA) is 81.1 Å². The number of imidazole rings is 1. The van der Waals surface area contributed by atoms with Gasteiger partial charge in [0.05, 0.1) is 12.0 Å². The zero-order chi connectivity index (χ0) is 10.1. The van der Waals surface area contributed by atoms with Gasteiger partial charge in [-0.3, -0.25) is 4.79 Å². The van der Waals surface area contributed by atoms with Gasteiger partial charge in [-0.1, -0.05) is 0 Å². The van der Waals surface area contributed by atoms with Crippen molar-refractivity contribution in [1.82, 2.24) is 9.55 Å². The Labute approximate surface area is 81.5 Å². The van der Waals surface area contributed by atoms with Crippen LogP contribution in [0.3, 0.4) is 0 Å². The van der Waals surface area contributed by atoms with Crippen molar-refractivity contribution in [3.05, 3.63) is 18.2 Å². The van der Waals surface area contributed by atoms with Gasteiger partial charge in [0.25, 0.3) is 0 Å². The van der Waals surface area contributed by atoms with Crippen molar-refractivity contribution in [2.24, 2.45) is 5.73 Å². The summed E-state index contributed by atoms with van der Waals surface area (Å²) < 4.78 is 2.03. The lowest BCUT2D eigenvalue weighted by atomic mass is 10.2. The van der Waals surface area contributed by atoms with Gasteiger partial charge >= 0.3 is 5.97 Å². The average Bonchev–Trinajstić information content (AvgIpc) is 2.88. The molecule has 14 heavy (non-hydrogen) atoms. The Bertz CT molecular complexity index is 344. The Morgan fingerprint density at radius 1 is 1.79 bits per heavy atom. The summed E-state index contributed by atoms with van der Waals surface area (Å²) in [5.41, 5.74) is 6.16. The van der Waals surface area contributed by atoms with Crippen LogP contribution < -0.4 is 5.73 Å². The highest BCUT2D eigenvalue weighted by atomic mass is 16.4. The molecule has 1 aliphatic carbocycles. The van der Waals surface area contributed by atoms with Crippen LogP contribution in [0.2, 0.25) is 0 Å². The molecule has 1 saturated carbocycles. The van der Waals surface area contributed by atoms with Crippen LogP contribution in [0.15, 0.2) is 12.5 Å². The zero-order valence-electron chi connectivity index (χ0n) is 7.76. The van der Waals surface area contributed by atoms with E-state index >= 15 is 0 Å². The molecule has 0 spiro atoms. The number of carboxylic acid groups (broad SMARTS) is 1. The first-order valence-corrected chi connectivity index (χ1v) is 4.67. The molecule has 1 fully saturated rings. The molecular formula is C9H13N3O2. The minimum atomic E-state index is -0.981. The third-order valence-electron chi connectivity index (χ3n) is 2.37. The predicted octanol–water partition coefficient (Wildman–Crippen LogP) is 0.172. The number of nitrogens with two attached hydrogens (primary N) is 1. The number of nitrogens with zero attached hydrogens (tertiary/aromatic N) is 2. The van der Waals surface area contributed by atoms with Crippen LogP contribution in [0.4, 0.5) is 0 Å². The van der Waals surface area contributed by atoms with E-state index in [4.69, 9.17) is 10.8 Å². The lowest BCUT2D eigenvalue weighted by Crippen LogP contribution is -2.32. The number of aliphatic carboxylic acids is 1. The van der Waals surface area contributed by atoms with Gasteiger partial charge in [0.1, 0.15) is 6.04 Å². The highest BCUT2D eigenvalue weighted by Crippen LogP contribution is 2.34. The van der Waals surface area contributed by atoms with Gasteiger partial charge in [0.15, 0.2) is 0 Å². The Hall–Kier alpha value is -1.36. The summed E-state index contributed by atoms with van der Waals surface area (Å²) >= 11 is 0. The number of hydrogen-bond acceptors (Lipinski definition) is 3. The largest absolute Gasteiger partial charge is 0.480 e. The van der Waals surface area contributed by atoms with Crippen LogP contribution in [-0.4, -0.2) is 26.7 Å². The second kappa shape index (κ2) is 3.42. The van der Waals surface area contributed by atoms with E-state index < -0.39 is 12.0 Å². The molecule has 1 heterocycles. The highest BCUT2D eigenvalue weighted by Gasteiger charge is 2.23. The Morgan fingerprint density at radius 3 is 3.07 bits per heavy atom. The van der Waals surface area contributed by atoms with Crippen molar-refractivity contribution in [1.29, 1.82) is 0 Å². The molecule has 2 rings (SSSR count). The molecule has 3 N–H and O–H groups in total. The molecule has 5 heteroatoms. The first kappa shape index (κ1) is 9.21. The summed E-state index contributed by atoms with van der Waals surface area (Å²) in [7, 11) is 0. The Balaban J connectivity index is 1.98. The van der Waals surface area contributed by atoms with Crippen LogP contribution in [0.1, 0.15) is 24.6 Å². The Morgan fingerprint density at radius 2 is 2.50 bits per heavy atom. The quantitative estimate of drug-likeness (QED) is 0.717. The smallest absolute Gasteiger partial charge is 0.320 e. The summed E-state index contributed by atoms with van der Waals surface area (Å²) in [5.74, 6) is -0.981. The highest BCUT2D eigenvalue weighted by molar-refractivity contribution is 5.73. The van der Waals surface area contributed by atoms with E-state index in [1.807, 2.05) is 10.8 Å². The van der Waals surface area contributed by atoms with Crippen molar-refractivity contribution >= 4 is 5.97 Å². The summed E-state index contributed by atoms with van der Waals surface area (Å²) in [5, 5.41) is 8.61. The van der Waals surface area contributed by atoms with Crippen LogP contribution in [0.25, 0.3) is 0 Å². The third kappa shape index (κ3) is 1.93. The molecule has 1 atom stereocenters. The van der Waals surface area contributed by atoms with E-state index in [2.05, 4.69) is 4.98 Å². The van der Waals surface area contributed by atoms with E-state index in [1.165, 1.54) is 12.8 Å². The first-order chi connectivity index (χ1) is 6.66. The van der Waals surface area contributed by atoms with Crippen molar-refractivity contribution in [2.45, 2.75) is 31.3 Å². The summed E-state index contributed by atoms with van der Waals surface area (Å²) in [4.78, 5) is 14.6. The lowest BCUT2D eigenvalue weighted by Gasteiger charge is -2.02. The van der Waals surface area contributed by atoms with Gasteiger partial charge in [0.2, 0.25) is 0 Å². The number of rotatable bonds is 4. The molecule has 0 amide bonds. The van der Waals surface area contributed by atoms with E-state index in [9.17, 15) is 4.79 Å². The van der Waals surface area contributed by atoms with Crippen molar-refractivity contribution in [2.75, 3.05) is 0 Å². The normalized spacial score (nSPS) is 18.1. The molecule has 0 bridgehead atoms. The molecule has 0 aliphatic heterocycles. The van der Waals surface area contributed by atoms with E-state index in [0.29, 0.717) is 12.5 Å². The van der Waals surface area contributed by atoms with Crippen molar-refractivity contribution in [3.8, 4) is 0 Å². The number of carboxylic acids is 1. The van der Waals surface area contributed by atoms with Gasteiger partial charge in [-0.2, -0.15) is 0 Å². The van der Waals surface area contributed by atoms with E-state index in [1.54, 1.807) is 6.33 Å². The lowest BCUT2D eigenvalue weighted by molar-refractivity contribution is -0.138. The van der Waals surface area contributed by atoms with E-state index in [-0.39, 0.29) is 0 Å². The molecule has 1 unspecified atom stereocenters. The molecule has 5 nitrogen and oxygen atoms in total. The van der Waals surface area contributed by atoms with Crippen LogP contribution in [0, 0.1) is 0 Å². The SMILES string of the molecule is NC(Cc1cn(C2CC2)cn1)C(=O)O. The van der Waals surface area contributed by atoms with Crippen molar-refractivity contribution < 1.29 is 9.90 Å². The summed E-state index contributed by atoms with van der Waals surface area (Å²) in [6.45, 7) is 0. The molecule has 0 saturated heterocycles. The van der Waals surface area contributed by atoms with Crippen LogP contribution in [0.5, 0.6) is 0 Å². The minimum Gasteiger partial charge on any atom is -0.480 e. The fourth-order valence-corrected chi connectivity index (χ4v) is 1.37. The molecular weight excluding hydrogens is 182 g/mol. The Kier molecular flexibility index (Phi) is 2.25. The average molecular weight is 195 g/mol. The first-order valence-electron chi connectivity index (χ1n) is 4.67. The second-order valence-electron chi connectivity index (χ2n) is 3.69. The maximum atomic E-state index is 10.5. The molecule has 0 radical (unpaired) electrons. The molecule has 76 valence electrons. The monoisotopic (exact) mass is 195 g/mol. The molecule has 1 aliphatic rings. The van der Waals surface area contributed by atoms with Gasteiger partial charge in [-0.15, -0.1) is 0 Å². The van der Waals surface area contributed by atoms with Crippen molar-refractivity contribution in [3.63, 3.8) is 0 Å². The van der Waals surface area contributed by atoms with Crippen LogP contribution >= 0.6 is 0 Å². The summed E-state index contributed by atoms with van der Waals surface area (Å²) in [6.07, 6.45) is 6.33. The summed E-state index contributed by atoms with van der Waals surface area (Å²) in [6, 6.07) is -0.269. The predicted molar refractivity (Wildman–Crippen MR) is 49.8 cm³/mol. The number of carbonyl (C=O) groups is 1. The van der Waals surface area contributed by atoms with Gasteiger partial charge in [-0.25, -0.2) is 4.98 Å². The number of aromatic nitrogens is 2. The molecule has 1 aromatic rings. The fraction of sp³-hybridized carbons (Fsp3) is 0.556. The van der Waals surface area contributed by atoms with Gasteiger partial charge in [-0.05, 0) is 12.8 Å². The molecule has 0 aromatic carbocycles. The van der Waals surface area contributed by atoms with E-state index in [0.717, 1.165) is 5.69 Å². The van der Waals surface area contributed by atoms with Gasteiger partial charge in [0, 0.05) is 18.7 Å². The van der Waals surface area contributed by atoms with Gasteiger partial charge < -0.3 is 15.4 Å². The maximum Gasteiger partial charge on any atom is 0.320 e. The minimum absolute atomic E-state index is 0.301. The van der Waals surface area contributed by atoms with Crippen LogP contribution in [-0.2, 0) is 11.2 Å². The standard InChI is InChI=1S/C9H13N3O2/c10-8(9(13)14)3-6-4-12(5-11-6)7-1-2-7/h4-5,7-8H,1-3,10H2,(H,13,14). The maximum absolute atomic E-state index is 10.5. The fourth-order valence-electron chi connectivity index (χ4n) is 1.37. The third-order valence-corrected chi connectivity index (χ3v) is 2.37. The zero-order valence-corrected chi connectivity index (χ0v) is 7.76. The molecule has 1 aromatic heterocycles. The second-order valence-corrected chi connectivity index (χ2v) is 3.69. The number of hydrogen-bond donors (Lipinski definition) is 2.